The summed E-state index contributed by atoms with van der Waals surface area (Å²) in [5.74, 6) is -1.51. The van der Waals surface area contributed by atoms with Crippen molar-refractivity contribution in [1.29, 1.82) is 0 Å². The van der Waals surface area contributed by atoms with E-state index in [1.54, 1.807) is 12.1 Å². The Morgan fingerprint density at radius 2 is 2.11 bits per heavy atom. The molecule has 28 heavy (non-hydrogen) atoms. The average molecular weight is 401 g/mol. The molecule has 2 heterocycles. The van der Waals surface area contributed by atoms with E-state index < -0.39 is 23.7 Å². The highest BCUT2D eigenvalue weighted by molar-refractivity contribution is 7.13. The van der Waals surface area contributed by atoms with Gasteiger partial charge in [0, 0.05) is 0 Å². The lowest BCUT2D eigenvalue weighted by atomic mass is 9.98. The second-order valence-electron chi connectivity index (χ2n) is 6.37. The first-order valence-electron chi connectivity index (χ1n) is 8.77. The molecule has 1 aromatic carbocycles. The third kappa shape index (κ3) is 4.09. The van der Waals surface area contributed by atoms with Gasteiger partial charge in [-0.2, -0.15) is 0 Å². The molecule has 2 aromatic heterocycles. The number of carbonyl (C=O) groups excluding carboxylic acids is 2. The van der Waals surface area contributed by atoms with Crippen LogP contribution >= 0.6 is 11.3 Å². The summed E-state index contributed by atoms with van der Waals surface area (Å²) < 4.78 is 15.1. The zero-order chi connectivity index (χ0) is 20.3. The van der Waals surface area contributed by atoms with E-state index in [1.807, 2.05) is 31.4 Å². The van der Waals surface area contributed by atoms with Crippen molar-refractivity contribution < 1.29 is 14.0 Å². The Morgan fingerprint density at radius 3 is 2.71 bits per heavy atom. The molecule has 146 valence electrons. The molecule has 2 amide bonds. The number of aromatic nitrogens is 3. The predicted octanol–water partition coefficient (Wildman–Crippen LogP) is 2.76. The Balaban J connectivity index is 1.99. The Kier molecular flexibility index (Phi) is 5.84. The zero-order valence-corrected chi connectivity index (χ0v) is 16.2. The number of amides is 2. The number of rotatable bonds is 7. The van der Waals surface area contributed by atoms with Crippen LogP contribution in [0, 0.1) is 11.7 Å². The first-order valence-corrected chi connectivity index (χ1v) is 9.65. The van der Waals surface area contributed by atoms with Gasteiger partial charge in [-0.25, -0.2) is 14.1 Å². The van der Waals surface area contributed by atoms with Crippen molar-refractivity contribution in [2.75, 3.05) is 0 Å². The van der Waals surface area contributed by atoms with Gasteiger partial charge in [0.1, 0.15) is 11.9 Å². The lowest BCUT2D eigenvalue weighted by Gasteiger charge is -2.20. The van der Waals surface area contributed by atoms with Crippen LogP contribution in [-0.4, -0.2) is 32.6 Å². The number of primary amides is 1. The van der Waals surface area contributed by atoms with Crippen molar-refractivity contribution in [3.63, 3.8) is 0 Å². The van der Waals surface area contributed by atoms with Crippen LogP contribution in [0.1, 0.15) is 30.9 Å². The first kappa shape index (κ1) is 19.7. The lowest BCUT2D eigenvalue weighted by Crippen LogP contribution is -2.48. The number of nitrogens with zero attached hydrogens (tertiary/aromatic N) is 3. The van der Waals surface area contributed by atoms with E-state index in [0.717, 1.165) is 4.88 Å². The average Bonchev–Trinajstić information content (AvgIpc) is 3.34. The number of nitrogens with one attached hydrogen (secondary N) is 1. The molecule has 0 aliphatic heterocycles. The van der Waals surface area contributed by atoms with E-state index in [4.69, 9.17) is 5.73 Å². The summed E-state index contributed by atoms with van der Waals surface area (Å²) in [6.45, 7) is 3.73. The largest absolute Gasteiger partial charge is 0.368 e. The molecule has 0 aliphatic carbocycles. The lowest BCUT2D eigenvalue weighted by molar-refractivity contribution is -0.120. The van der Waals surface area contributed by atoms with Crippen LogP contribution in [0.4, 0.5) is 4.39 Å². The van der Waals surface area contributed by atoms with E-state index in [0.29, 0.717) is 17.9 Å². The molecule has 0 spiro atoms. The van der Waals surface area contributed by atoms with Crippen molar-refractivity contribution in [2.24, 2.45) is 11.7 Å². The van der Waals surface area contributed by atoms with Crippen molar-refractivity contribution in [2.45, 2.75) is 26.3 Å². The molecule has 0 saturated heterocycles. The van der Waals surface area contributed by atoms with Crippen LogP contribution in [-0.2, 0) is 4.79 Å². The third-order valence-electron chi connectivity index (χ3n) is 4.41. The molecule has 3 aromatic rings. The van der Waals surface area contributed by atoms with Crippen LogP contribution in [0.25, 0.3) is 16.4 Å². The molecule has 3 rings (SSSR count). The van der Waals surface area contributed by atoms with Crippen molar-refractivity contribution in [3.8, 4) is 16.4 Å². The van der Waals surface area contributed by atoms with E-state index in [9.17, 15) is 14.0 Å². The molecular weight excluding hydrogens is 381 g/mol. The summed E-state index contributed by atoms with van der Waals surface area (Å²) in [6.07, 6.45) is 0.666. The fourth-order valence-corrected chi connectivity index (χ4v) is 3.40. The quantitative estimate of drug-likeness (QED) is 0.635. The summed E-state index contributed by atoms with van der Waals surface area (Å²) in [4.78, 5) is 29.5. The summed E-state index contributed by atoms with van der Waals surface area (Å²) in [6, 6.07) is 8.69. The van der Waals surface area contributed by atoms with Gasteiger partial charge in [0.15, 0.2) is 5.82 Å². The zero-order valence-electron chi connectivity index (χ0n) is 15.4. The van der Waals surface area contributed by atoms with Gasteiger partial charge in [0.05, 0.1) is 10.6 Å². The second-order valence-corrected chi connectivity index (χ2v) is 7.31. The second kappa shape index (κ2) is 8.30. The van der Waals surface area contributed by atoms with Crippen LogP contribution in [0.15, 0.2) is 41.8 Å². The van der Waals surface area contributed by atoms with Gasteiger partial charge < -0.3 is 11.1 Å². The molecule has 3 N–H and O–H groups in total. The number of carbonyl (C=O) groups is 2. The van der Waals surface area contributed by atoms with Crippen molar-refractivity contribution >= 4 is 23.2 Å². The first-order chi connectivity index (χ1) is 13.4. The molecule has 9 heteroatoms. The van der Waals surface area contributed by atoms with Crippen LogP contribution in [0.2, 0.25) is 0 Å². The Labute approximate surface area is 165 Å². The predicted molar refractivity (Wildman–Crippen MR) is 105 cm³/mol. The standard InChI is InChI=1S/C19H20FN5O2S/c1-3-11(2)15(16(21)26)22-19(27)17-23-18(14-8-5-9-28-14)25(24-17)13-7-4-6-12(20)10-13/h4-11,15H,3H2,1-2H3,(H2,21,26)(H,22,27). The number of nitrogens with two attached hydrogens (primary N) is 1. The minimum atomic E-state index is -0.830. The van der Waals surface area contributed by atoms with Crippen LogP contribution < -0.4 is 11.1 Å². The molecule has 2 unspecified atom stereocenters. The van der Waals surface area contributed by atoms with Gasteiger partial charge in [-0.15, -0.1) is 16.4 Å². The number of benzene rings is 1. The fraction of sp³-hybridized carbons (Fsp3) is 0.263. The number of halogens is 1. The molecule has 0 fully saturated rings. The van der Waals surface area contributed by atoms with E-state index in [2.05, 4.69) is 15.4 Å². The van der Waals surface area contributed by atoms with Gasteiger partial charge in [-0.05, 0) is 35.6 Å². The van der Waals surface area contributed by atoms with Gasteiger partial charge in [-0.3, -0.25) is 9.59 Å². The maximum atomic E-state index is 13.7. The smallest absolute Gasteiger partial charge is 0.291 e. The maximum Gasteiger partial charge on any atom is 0.291 e. The van der Waals surface area contributed by atoms with Crippen molar-refractivity contribution in [1.82, 2.24) is 20.1 Å². The Hall–Kier alpha value is -3.07. The molecule has 0 saturated carbocycles. The molecule has 2 atom stereocenters. The van der Waals surface area contributed by atoms with E-state index in [1.165, 1.54) is 28.2 Å². The highest BCUT2D eigenvalue weighted by Crippen LogP contribution is 2.26. The summed E-state index contributed by atoms with van der Waals surface area (Å²) >= 11 is 1.42. The summed E-state index contributed by atoms with van der Waals surface area (Å²) in [5, 5.41) is 8.73. The van der Waals surface area contributed by atoms with Crippen molar-refractivity contribution in [3.05, 3.63) is 53.4 Å². The minimum absolute atomic E-state index is 0.123. The molecule has 0 bridgehead atoms. The molecular formula is C19H20FN5O2S. The monoisotopic (exact) mass is 401 g/mol. The summed E-state index contributed by atoms with van der Waals surface area (Å²) in [5.41, 5.74) is 5.85. The van der Waals surface area contributed by atoms with Gasteiger partial charge in [-0.1, -0.05) is 32.4 Å². The maximum absolute atomic E-state index is 13.7. The Morgan fingerprint density at radius 1 is 1.32 bits per heavy atom. The molecule has 7 nitrogen and oxygen atoms in total. The Bertz CT molecular complexity index is 986. The highest BCUT2D eigenvalue weighted by atomic mass is 32.1. The SMILES string of the molecule is CCC(C)C(NC(=O)c1nc(-c2cccs2)n(-c2cccc(F)c2)n1)C(N)=O. The number of hydrogen-bond acceptors (Lipinski definition) is 5. The van der Waals surface area contributed by atoms with E-state index in [-0.39, 0.29) is 11.7 Å². The molecule has 0 radical (unpaired) electrons. The third-order valence-corrected chi connectivity index (χ3v) is 5.28. The van der Waals surface area contributed by atoms with Gasteiger partial charge in [0.25, 0.3) is 5.91 Å². The van der Waals surface area contributed by atoms with E-state index >= 15 is 0 Å². The highest BCUT2D eigenvalue weighted by Gasteiger charge is 2.27. The number of thiophene rings is 1. The van der Waals surface area contributed by atoms with Crippen LogP contribution in [0.5, 0.6) is 0 Å². The topological polar surface area (TPSA) is 103 Å². The summed E-state index contributed by atoms with van der Waals surface area (Å²) in [7, 11) is 0. The van der Waals surface area contributed by atoms with Crippen LogP contribution in [0.3, 0.4) is 0 Å². The minimum Gasteiger partial charge on any atom is -0.368 e. The van der Waals surface area contributed by atoms with Gasteiger partial charge >= 0.3 is 0 Å². The van der Waals surface area contributed by atoms with Gasteiger partial charge in [0.2, 0.25) is 11.7 Å². The number of hydrogen-bond donors (Lipinski definition) is 2. The molecule has 0 aliphatic rings. The fourth-order valence-electron chi connectivity index (χ4n) is 2.70. The normalized spacial score (nSPS) is 13.1.